The third-order valence-corrected chi connectivity index (χ3v) is 5.01. The van der Waals surface area contributed by atoms with Gasteiger partial charge in [-0.05, 0) is 84.9 Å². The van der Waals surface area contributed by atoms with Crippen LogP contribution in [0.5, 0.6) is 11.5 Å². The first kappa shape index (κ1) is 23.0. The molecule has 0 fully saturated rings. The van der Waals surface area contributed by atoms with Gasteiger partial charge in [-0.2, -0.15) is 0 Å². The van der Waals surface area contributed by atoms with Crippen molar-refractivity contribution in [2.75, 3.05) is 28.3 Å². The monoisotopic (exact) mass is 469 g/mol. The molecule has 0 saturated heterocycles. The number of hydrogen-bond acceptors (Lipinski definition) is 9. The molecule has 0 aliphatic rings. The van der Waals surface area contributed by atoms with Gasteiger partial charge in [0.2, 0.25) is 0 Å². The van der Waals surface area contributed by atoms with Crippen LogP contribution in [0.4, 0.5) is 34.1 Å². The molecule has 0 aliphatic heterocycles. The molecular weight excluding hydrogens is 446 g/mol. The van der Waals surface area contributed by atoms with Gasteiger partial charge >= 0.3 is 11.9 Å². The Hall–Kier alpha value is -5.18. The summed E-state index contributed by atoms with van der Waals surface area (Å²) in [6, 6.07) is 22.6. The molecule has 35 heavy (non-hydrogen) atoms. The van der Waals surface area contributed by atoms with Crippen molar-refractivity contribution in [1.82, 2.24) is 0 Å². The van der Waals surface area contributed by atoms with E-state index in [1.165, 1.54) is 0 Å². The van der Waals surface area contributed by atoms with Gasteiger partial charge in [-0.25, -0.2) is 9.59 Å². The van der Waals surface area contributed by atoms with E-state index in [1.807, 2.05) is 0 Å². The van der Waals surface area contributed by atoms with Crippen molar-refractivity contribution in [2.24, 2.45) is 0 Å². The van der Waals surface area contributed by atoms with Gasteiger partial charge in [-0.3, -0.25) is 0 Å². The Morgan fingerprint density at radius 1 is 0.543 bits per heavy atom. The number of rotatable bonds is 6. The number of nitrogens with one attached hydrogen (secondary N) is 1. The van der Waals surface area contributed by atoms with E-state index in [2.05, 4.69) is 5.32 Å². The smallest absolute Gasteiger partial charge is 0.345 e. The van der Waals surface area contributed by atoms with E-state index < -0.39 is 11.9 Å². The lowest BCUT2D eigenvalue weighted by Gasteiger charge is -2.12. The van der Waals surface area contributed by atoms with Gasteiger partial charge in [0.15, 0.2) is 0 Å². The summed E-state index contributed by atoms with van der Waals surface area (Å²) >= 11 is 0. The van der Waals surface area contributed by atoms with Crippen LogP contribution in [0.3, 0.4) is 0 Å². The van der Waals surface area contributed by atoms with Crippen molar-refractivity contribution in [1.29, 1.82) is 0 Å². The predicted molar refractivity (Wildman–Crippen MR) is 137 cm³/mol. The van der Waals surface area contributed by atoms with Gasteiger partial charge in [0.25, 0.3) is 0 Å². The second-order valence-electron chi connectivity index (χ2n) is 7.65. The number of anilines is 6. The van der Waals surface area contributed by atoms with E-state index in [-0.39, 0.29) is 22.5 Å². The Labute approximate surface area is 201 Å². The number of nitrogens with two attached hydrogens (primary N) is 4. The second-order valence-corrected chi connectivity index (χ2v) is 7.65. The van der Waals surface area contributed by atoms with Crippen molar-refractivity contribution in [2.45, 2.75) is 0 Å². The zero-order valence-corrected chi connectivity index (χ0v) is 18.5. The van der Waals surface area contributed by atoms with Crippen LogP contribution >= 0.6 is 0 Å². The average molecular weight is 470 g/mol. The molecule has 0 amide bonds. The molecule has 4 aromatic carbocycles. The number of ether oxygens (including phenoxy) is 2. The van der Waals surface area contributed by atoms with E-state index in [0.29, 0.717) is 34.2 Å². The standard InChI is InChI=1S/C26H23N5O4/c27-15-1-7-19(8-2-15)34-25(32)21-11-5-17(13-23(21)29)31-18-6-12-22(24(30)14-18)26(33)35-20-9-3-16(28)4-10-20/h1-14,31H,27-30H2. The van der Waals surface area contributed by atoms with Crippen LogP contribution < -0.4 is 37.7 Å². The number of esters is 2. The van der Waals surface area contributed by atoms with Crippen molar-refractivity contribution in [3.05, 3.63) is 96.1 Å². The molecule has 0 atom stereocenters. The highest BCUT2D eigenvalue weighted by atomic mass is 16.5. The SMILES string of the molecule is Nc1ccc(OC(=O)c2ccc(Nc3ccc(C(=O)Oc4ccc(N)cc4)c(N)c3)cc2N)cc1. The molecule has 9 N–H and O–H groups in total. The topological polar surface area (TPSA) is 169 Å². The van der Waals surface area contributed by atoms with Crippen LogP contribution in [0, 0.1) is 0 Å². The Balaban J connectivity index is 1.43. The van der Waals surface area contributed by atoms with Crippen LogP contribution in [0.25, 0.3) is 0 Å². The molecule has 0 spiro atoms. The van der Waals surface area contributed by atoms with Crippen molar-refractivity contribution in [3.8, 4) is 11.5 Å². The Morgan fingerprint density at radius 3 is 1.26 bits per heavy atom. The fraction of sp³-hybridized carbons (Fsp3) is 0. The number of nitrogen functional groups attached to an aromatic ring is 4. The van der Waals surface area contributed by atoms with E-state index in [4.69, 9.17) is 32.4 Å². The van der Waals surface area contributed by atoms with E-state index in [9.17, 15) is 9.59 Å². The van der Waals surface area contributed by atoms with Gasteiger partial charge < -0.3 is 37.7 Å². The minimum absolute atomic E-state index is 0.215. The summed E-state index contributed by atoms with van der Waals surface area (Å²) in [5.41, 5.74) is 26.7. The molecule has 4 aromatic rings. The van der Waals surface area contributed by atoms with Gasteiger partial charge in [0.05, 0.1) is 11.1 Å². The van der Waals surface area contributed by atoms with Crippen LogP contribution in [-0.2, 0) is 0 Å². The molecule has 176 valence electrons. The molecule has 0 unspecified atom stereocenters. The van der Waals surface area contributed by atoms with Crippen molar-refractivity contribution in [3.63, 3.8) is 0 Å². The predicted octanol–water partition coefficient (Wildman–Crippen LogP) is 4.20. The molecule has 0 aromatic heterocycles. The maximum Gasteiger partial charge on any atom is 0.345 e. The third-order valence-electron chi connectivity index (χ3n) is 5.01. The summed E-state index contributed by atoms with van der Waals surface area (Å²) < 4.78 is 10.7. The van der Waals surface area contributed by atoms with Gasteiger partial charge in [-0.15, -0.1) is 0 Å². The first-order valence-electron chi connectivity index (χ1n) is 10.5. The quantitative estimate of drug-likeness (QED) is 0.158. The van der Waals surface area contributed by atoms with Gasteiger partial charge in [0.1, 0.15) is 11.5 Å². The number of benzene rings is 4. The molecule has 0 bridgehead atoms. The normalized spacial score (nSPS) is 10.4. The first-order chi connectivity index (χ1) is 16.8. The van der Waals surface area contributed by atoms with E-state index in [0.717, 1.165) is 0 Å². The Kier molecular flexibility index (Phi) is 6.41. The summed E-state index contributed by atoms with van der Waals surface area (Å²) in [4.78, 5) is 24.9. The zero-order chi connectivity index (χ0) is 24.9. The number of carbonyl (C=O) groups excluding carboxylic acids is 2. The van der Waals surface area contributed by atoms with E-state index >= 15 is 0 Å². The number of hydrogen-bond donors (Lipinski definition) is 5. The summed E-state index contributed by atoms with van der Waals surface area (Å²) in [7, 11) is 0. The summed E-state index contributed by atoms with van der Waals surface area (Å²) in [5.74, 6) is -0.466. The molecule has 0 saturated carbocycles. The van der Waals surface area contributed by atoms with Gasteiger partial charge in [-0.1, -0.05) is 0 Å². The summed E-state index contributed by atoms with van der Waals surface area (Å²) in [6.45, 7) is 0. The van der Waals surface area contributed by atoms with Crippen LogP contribution in [0.2, 0.25) is 0 Å². The van der Waals surface area contributed by atoms with E-state index in [1.54, 1.807) is 84.9 Å². The maximum absolute atomic E-state index is 12.5. The van der Waals surface area contributed by atoms with Crippen LogP contribution in [-0.4, -0.2) is 11.9 Å². The molecule has 0 heterocycles. The lowest BCUT2D eigenvalue weighted by Crippen LogP contribution is -2.12. The molecule has 9 nitrogen and oxygen atoms in total. The highest BCUT2D eigenvalue weighted by Gasteiger charge is 2.15. The van der Waals surface area contributed by atoms with Crippen LogP contribution in [0.1, 0.15) is 20.7 Å². The lowest BCUT2D eigenvalue weighted by molar-refractivity contribution is 0.0726. The molecular formula is C26H23N5O4. The lowest BCUT2D eigenvalue weighted by atomic mass is 10.1. The van der Waals surface area contributed by atoms with Crippen LogP contribution in [0.15, 0.2) is 84.9 Å². The Bertz CT molecular complexity index is 1280. The summed E-state index contributed by atoms with van der Waals surface area (Å²) in [5, 5.41) is 3.14. The van der Waals surface area contributed by atoms with Gasteiger partial charge in [0, 0.05) is 34.1 Å². The highest BCUT2D eigenvalue weighted by molar-refractivity contribution is 5.98. The minimum Gasteiger partial charge on any atom is -0.423 e. The minimum atomic E-state index is -0.591. The number of carbonyl (C=O) groups is 2. The van der Waals surface area contributed by atoms with Crippen molar-refractivity contribution < 1.29 is 19.1 Å². The molecule has 0 aliphatic carbocycles. The molecule has 9 heteroatoms. The third kappa shape index (κ3) is 5.60. The second kappa shape index (κ2) is 9.75. The molecule has 0 radical (unpaired) electrons. The first-order valence-corrected chi connectivity index (χ1v) is 10.5. The largest absolute Gasteiger partial charge is 0.423 e. The maximum atomic E-state index is 12.5. The summed E-state index contributed by atoms with van der Waals surface area (Å²) in [6.07, 6.45) is 0. The fourth-order valence-corrected chi connectivity index (χ4v) is 3.22. The average Bonchev–Trinajstić information content (AvgIpc) is 2.82. The zero-order valence-electron chi connectivity index (χ0n) is 18.5. The molecule has 4 rings (SSSR count). The Morgan fingerprint density at radius 2 is 0.914 bits per heavy atom. The fourth-order valence-electron chi connectivity index (χ4n) is 3.22. The van der Waals surface area contributed by atoms with Crippen molar-refractivity contribution >= 4 is 46.1 Å². The highest BCUT2D eigenvalue weighted by Crippen LogP contribution is 2.26.